The van der Waals surface area contributed by atoms with Gasteiger partial charge in [-0.15, -0.1) is 0 Å². The molecule has 0 radical (unpaired) electrons. The van der Waals surface area contributed by atoms with Crippen molar-refractivity contribution in [2.24, 2.45) is 0 Å². The molecule has 3 aromatic carbocycles. The van der Waals surface area contributed by atoms with Crippen LogP contribution in [-0.2, 0) is 41.7 Å². The Bertz CT molecular complexity index is 1510. The molecule has 42 heavy (non-hydrogen) atoms. The largest absolute Gasteiger partial charge is 0.483 e. The third-order valence-electron chi connectivity index (χ3n) is 7.89. The van der Waals surface area contributed by atoms with Crippen molar-refractivity contribution in [3.8, 4) is 5.75 Å². The van der Waals surface area contributed by atoms with Gasteiger partial charge in [-0.1, -0.05) is 39.0 Å². The van der Waals surface area contributed by atoms with Crippen LogP contribution in [0.4, 0.5) is 8.78 Å². The Balaban J connectivity index is 1.50. The number of alkyl halides is 2. The number of rotatable bonds is 8. The van der Waals surface area contributed by atoms with Gasteiger partial charge < -0.3 is 14.2 Å². The van der Waals surface area contributed by atoms with E-state index in [9.17, 15) is 17.2 Å². The Morgan fingerprint density at radius 3 is 2.00 bits per heavy atom. The molecule has 4 atom stereocenters. The van der Waals surface area contributed by atoms with Crippen molar-refractivity contribution in [2.75, 3.05) is 0 Å². The van der Waals surface area contributed by atoms with E-state index in [2.05, 4.69) is 45.0 Å². The summed E-state index contributed by atoms with van der Waals surface area (Å²) in [6, 6.07) is 23.1. The van der Waals surface area contributed by atoms with E-state index in [1.807, 2.05) is 37.3 Å². The molecule has 2 fully saturated rings. The molecular weight excluding hydrogens is 582 g/mol. The summed E-state index contributed by atoms with van der Waals surface area (Å²) in [7, 11) is -6.31. The van der Waals surface area contributed by atoms with Gasteiger partial charge in [-0.3, -0.25) is 4.55 Å². The van der Waals surface area contributed by atoms with Crippen LogP contribution >= 0.6 is 0 Å². The lowest BCUT2D eigenvalue weighted by molar-refractivity contribution is -0.174. The molecule has 3 aromatic rings. The zero-order chi connectivity index (χ0) is 30.5. The van der Waals surface area contributed by atoms with E-state index in [1.54, 1.807) is 12.1 Å². The van der Waals surface area contributed by atoms with Gasteiger partial charge in [-0.05, 0) is 92.6 Å². The van der Waals surface area contributed by atoms with Crippen LogP contribution in [0.25, 0.3) is 0 Å². The van der Waals surface area contributed by atoms with Gasteiger partial charge >= 0.3 is 15.4 Å². The van der Waals surface area contributed by atoms with Crippen LogP contribution in [0.3, 0.4) is 0 Å². The maximum absolute atomic E-state index is 14.2. The summed E-state index contributed by atoms with van der Waals surface area (Å²) < 4.78 is 77.9. The molecule has 0 aromatic heterocycles. The summed E-state index contributed by atoms with van der Waals surface area (Å²) >= 11 is 0. The third-order valence-corrected chi connectivity index (χ3v) is 11.1. The summed E-state index contributed by atoms with van der Waals surface area (Å²) in [5.74, 6) is -0.751. The average Bonchev–Trinajstić information content (AvgIpc) is 3.48. The minimum Gasteiger partial charge on any atom is -0.483 e. The summed E-state index contributed by atoms with van der Waals surface area (Å²) in [6.07, 6.45) is 1.23. The number of hydrogen-bond donors (Lipinski definition) is 1. The fourth-order valence-corrected chi connectivity index (χ4v) is 8.00. The van der Waals surface area contributed by atoms with E-state index >= 15 is 0 Å². The standard InChI is InChI=1S/C32H36F2O6S2/c1-21(32(33,34)42(35,36)37)38-24-8-6-9-27(20-24)41(25-16-12-22(13-17-25)30(2,3)4)26-18-14-23(15-19-26)31(5)39-28-10-7-11-29(28)40-31/h6,8-9,12-21,28-29H,7,10-11H2,1-5H3/p+1. The van der Waals surface area contributed by atoms with E-state index < -0.39 is 38.2 Å². The van der Waals surface area contributed by atoms with E-state index in [1.165, 1.54) is 11.6 Å². The number of ether oxygens (including phenoxy) is 3. The van der Waals surface area contributed by atoms with Crippen molar-refractivity contribution < 1.29 is 36.0 Å². The average molecular weight is 620 g/mol. The maximum atomic E-state index is 14.2. The minimum absolute atomic E-state index is 0.0318. The van der Waals surface area contributed by atoms with Crippen LogP contribution in [-0.4, -0.2) is 36.5 Å². The number of halogens is 2. The highest BCUT2D eigenvalue weighted by Crippen LogP contribution is 2.44. The maximum Gasteiger partial charge on any atom is 0.405 e. The zero-order valence-corrected chi connectivity index (χ0v) is 26.0. The van der Waals surface area contributed by atoms with Gasteiger partial charge in [0.25, 0.3) is 0 Å². The molecular formula is C32H37F2O6S2+. The molecule has 4 unspecified atom stereocenters. The van der Waals surface area contributed by atoms with Crippen molar-refractivity contribution in [1.29, 1.82) is 0 Å². The van der Waals surface area contributed by atoms with Gasteiger partial charge in [0.05, 0.1) is 23.1 Å². The minimum atomic E-state index is -5.65. The first-order valence-electron chi connectivity index (χ1n) is 14.0. The second-order valence-electron chi connectivity index (χ2n) is 12.1. The molecule has 0 spiro atoms. The van der Waals surface area contributed by atoms with Crippen LogP contribution < -0.4 is 4.74 Å². The van der Waals surface area contributed by atoms with E-state index in [0.29, 0.717) is 0 Å². The monoisotopic (exact) mass is 619 g/mol. The molecule has 0 amide bonds. The van der Waals surface area contributed by atoms with Gasteiger partial charge in [0.2, 0.25) is 0 Å². The first-order chi connectivity index (χ1) is 19.6. The van der Waals surface area contributed by atoms with Gasteiger partial charge in [-0.2, -0.15) is 17.2 Å². The number of benzene rings is 3. The topological polar surface area (TPSA) is 82.1 Å². The molecule has 1 heterocycles. The van der Waals surface area contributed by atoms with Crippen LogP contribution in [0.1, 0.15) is 65.0 Å². The lowest BCUT2D eigenvalue weighted by Gasteiger charge is -2.25. The Hall–Kier alpha value is -2.50. The second-order valence-corrected chi connectivity index (χ2v) is 15.6. The van der Waals surface area contributed by atoms with Crippen LogP contribution in [0.15, 0.2) is 87.5 Å². The van der Waals surface area contributed by atoms with Crippen molar-refractivity contribution in [1.82, 2.24) is 0 Å². The number of hydrogen-bond acceptors (Lipinski definition) is 5. The lowest BCUT2D eigenvalue weighted by Crippen LogP contribution is -2.42. The molecule has 1 aliphatic heterocycles. The Labute approximate surface area is 249 Å². The normalized spacial score (nSPS) is 24.3. The molecule has 6 nitrogen and oxygen atoms in total. The highest BCUT2D eigenvalue weighted by atomic mass is 32.2. The van der Waals surface area contributed by atoms with E-state index in [0.717, 1.165) is 46.4 Å². The molecule has 1 N–H and O–H groups in total. The van der Waals surface area contributed by atoms with E-state index in [-0.39, 0.29) is 23.4 Å². The Morgan fingerprint density at radius 1 is 0.929 bits per heavy atom. The van der Waals surface area contributed by atoms with Crippen molar-refractivity contribution in [3.63, 3.8) is 0 Å². The smallest absolute Gasteiger partial charge is 0.405 e. The third kappa shape index (κ3) is 6.10. The lowest BCUT2D eigenvalue weighted by atomic mass is 9.87. The first kappa shape index (κ1) is 30.9. The number of fused-ring (bicyclic) bond motifs is 1. The quantitative estimate of drug-likeness (QED) is 0.208. The summed E-state index contributed by atoms with van der Waals surface area (Å²) in [6.45, 7) is 9.30. The highest BCUT2D eigenvalue weighted by molar-refractivity contribution is 7.97. The van der Waals surface area contributed by atoms with Crippen LogP contribution in [0.5, 0.6) is 5.75 Å². The summed E-state index contributed by atoms with van der Waals surface area (Å²) in [5.41, 5.74) is 2.07. The molecule has 226 valence electrons. The molecule has 0 bridgehead atoms. The zero-order valence-electron chi connectivity index (χ0n) is 24.3. The Kier molecular flexibility index (Phi) is 8.26. The molecule has 1 aliphatic carbocycles. The highest BCUT2D eigenvalue weighted by Gasteiger charge is 2.51. The fraction of sp³-hybridized carbons (Fsp3) is 0.438. The van der Waals surface area contributed by atoms with Crippen LogP contribution in [0.2, 0.25) is 0 Å². The van der Waals surface area contributed by atoms with Crippen molar-refractivity contribution in [3.05, 3.63) is 83.9 Å². The molecule has 5 rings (SSSR count). The second kappa shape index (κ2) is 11.2. The predicted molar refractivity (Wildman–Crippen MR) is 158 cm³/mol. The van der Waals surface area contributed by atoms with E-state index in [4.69, 9.17) is 18.8 Å². The van der Waals surface area contributed by atoms with Crippen LogP contribution in [0, 0.1) is 0 Å². The predicted octanol–water partition coefficient (Wildman–Crippen LogP) is 7.47. The van der Waals surface area contributed by atoms with Gasteiger partial charge in [0.15, 0.2) is 26.6 Å². The van der Waals surface area contributed by atoms with Gasteiger partial charge in [-0.25, -0.2) is 0 Å². The van der Waals surface area contributed by atoms with Crippen molar-refractivity contribution in [2.45, 2.75) is 103 Å². The first-order valence-corrected chi connectivity index (χ1v) is 16.7. The molecule has 1 saturated heterocycles. The van der Waals surface area contributed by atoms with Crippen molar-refractivity contribution >= 4 is 21.0 Å². The summed E-state index contributed by atoms with van der Waals surface area (Å²) in [4.78, 5) is 2.79. The SMILES string of the molecule is CC(Oc1cccc([S+](c2ccc(C(C)(C)C)cc2)c2ccc(C3(C)OC4CCCC4O3)cc2)c1)C(F)(F)S(=O)(=O)O. The summed E-state index contributed by atoms with van der Waals surface area (Å²) in [5, 5.41) is -4.47. The van der Waals surface area contributed by atoms with Gasteiger partial charge in [0.1, 0.15) is 5.75 Å². The molecule has 2 aliphatic rings. The fourth-order valence-electron chi connectivity index (χ4n) is 5.45. The van der Waals surface area contributed by atoms with Gasteiger partial charge in [0, 0.05) is 11.6 Å². The Morgan fingerprint density at radius 2 is 1.48 bits per heavy atom. The molecule has 10 heteroatoms. The molecule has 1 saturated carbocycles.